The molecule has 1 aromatic heterocycles. The number of pyridine rings is 1. The lowest BCUT2D eigenvalue weighted by Crippen LogP contribution is -2.13. The summed E-state index contributed by atoms with van der Waals surface area (Å²) in [6.45, 7) is 0. The fourth-order valence-corrected chi connectivity index (χ4v) is 2.52. The number of hydrogen-bond acceptors (Lipinski definition) is 3. The van der Waals surface area contributed by atoms with E-state index in [0.29, 0.717) is 5.75 Å². The van der Waals surface area contributed by atoms with E-state index in [2.05, 4.69) is 36.8 Å². The van der Waals surface area contributed by atoms with Crippen molar-refractivity contribution in [2.75, 3.05) is 7.11 Å². The van der Waals surface area contributed by atoms with Crippen molar-refractivity contribution in [3.05, 3.63) is 56.7 Å². The summed E-state index contributed by atoms with van der Waals surface area (Å²) in [7, 11) is 1.61. The van der Waals surface area contributed by atoms with E-state index in [1.54, 1.807) is 19.5 Å². The molecular formula is C13H12Br2N2O. The first-order valence-electron chi connectivity index (χ1n) is 5.31. The number of benzene rings is 1. The molecule has 0 fully saturated rings. The Morgan fingerprint density at radius 3 is 2.72 bits per heavy atom. The molecule has 0 bridgehead atoms. The van der Waals surface area contributed by atoms with Crippen LogP contribution in [-0.4, -0.2) is 12.1 Å². The maximum atomic E-state index is 6.26. The van der Waals surface area contributed by atoms with Gasteiger partial charge in [0.15, 0.2) is 0 Å². The highest BCUT2D eigenvalue weighted by molar-refractivity contribution is 9.11. The Bertz CT molecular complexity index is 560. The van der Waals surface area contributed by atoms with E-state index >= 15 is 0 Å². The highest BCUT2D eigenvalue weighted by atomic mass is 79.9. The zero-order valence-electron chi connectivity index (χ0n) is 9.73. The van der Waals surface area contributed by atoms with E-state index < -0.39 is 0 Å². The summed E-state index contributed by atoms with van der Waals surface area (Å²) in [5.74, 6) is 0.703. The molecule has 1 atom stereocenters. The summed E-state index contributed by atoms with van der Waals surface area (Å²) in [5, 5.41) is 0. The average Bonchev–Trinajstić information content (AvgIpc) is 2.41. The molecule has 94 valence electrons. The summed E-state index contributed by atoms with van der Waals surface area (Å²) in [5.41, 5.74) is 8.17. The Morgan fingerprint density at radius 1 is 1.22 bits per heavy atom. The van der Waals surface area contributed by atoms with Gasteiger partial charge in [0.1, 0.15) is 5.75 Å². The summed E-state index contributed by atoms with van der Waals surface area (Å²) < 4.78 is 7.12. The van der Waals surface area contributed by atoms with Crippen LogP contribution in [0.4, 0.5) is 0 Å². The van der Waals surface area contributed by atoms with Crippen molar-refractivity contribution >= 4 is 31.9 Å². The second kappa shape index (κ2) is 5.82. The van der Waals surface area contributed by atoms with Crippen molar-refractivity contribution in [2.45, 2.75) is 6.04 Å². The predicted molar refractivity (Wildman–Crippen MR) is 78.7 cm³/mol. The van der Waals surface area contributed by atoms with Crippen LogP contribution in [0.1, 0.15) is 17.2 Å². The lowest BCUT2D eigenvalue weighted by atomic mass is 10.0. The molecule has 0 spiro atoms. The molecule has 2 rings (SSSR count). The molecule has 2 N–H and O–H groups in total. The lowest BCUT2D eigenvalue weighted by Gasteiger charge is -2.15. The number of nitrogens with two attached hydrogens (primary N) is 1. The molecule has 0 amide bonds. The molecule has 1 aromatic carbocycles. The van der Waals surface area contributed by atoms with E-state index in [-0.39, 0.29) is 6.04 Å². The minimum atomic E-state index is -0.250. The average molecular weight is 372 g/mol. The fraction of sp³-hybridized carbons (Fsp3) is 0.154. The minimum Gasteiger partial charge on any atom is -0.495 e. The van der Waals surface area contributed by atoms with Crippen molar-refractivity contribution in [3.8, 4) is 5.75 Å². The Labute approximate surface area is 123 Å². The minimum absolute atomic E-state index is 0.250. The second-order valence-corrected chi connectivity index (χ2v) is 5.57. The highest BCUT2D eigenvalue weighted by Crippen LogP contribution is 2.30. The SMILES string of the molecule is COc1cncc(C(N)c2cc(Br)ccc2Br)c1. The number of aromatic nitrogens is 1. The van der Waals surface area contributed by atoms with Gasteiger partial charge >= 0.3 is 0 Å². The van der Waals surface area contributed by atoms with Crippen molar-refractivity contribution < 1.29 is 4.74 Å². The van der Waals surface area contributed by atoms with Crippen molar-refractivity contribution in [2.24, 2.45) is 5.73 Å². The van der Waals surface area contributed by atoms with Crippen LogP contribution in [0.5, 0.6) is 5.75 Å². The number of halogens is 2. The summed E-state index contributed by atoms with van der Waals surface area (Å²) in [4.78, 5) is 4.12. The van der Waals surface area contributed by atoms with Crippen LogP contribution < -0.4 is 10.5 Å². The molecule has 0 saturated carbocycles. The van der Waals surface area contributed by atoms with Gasteiger partial charge < -0.3 is 10.5 Å². The van der Waals surface area contributed by atoms with E-state index in [1.165, 1.54) is 0 Å². The molecule has 1 unspecified atom stereocenters. The van der Waals surface area contributed by atoms with Gasteiger partial charge in [0.25, 0.3) is 0 Å². The normalized spacial score (nSPS) is 12.2. The first kappa shape index (κ1) is 13.5. The van der Waals surface area contributed by atoms with E-state index in [0.717, 1.165) is 20.1 Å². The van der Waals surface area contributed by atoms with Gasteiger partial charge in [-0.2, -0.15) is 0 Å². The zero-order chi connectivity index (χ0) is 13.1. The van der Waals surface area contributed by atoms with E-state index in [1.807, 2.05) is 24.3 Å². The summed E-state index contributed by atoms with van der Waals surface area (Å²) in [6.07, 6.45) is 3.41. The smallest absolute Gasteiger partial charge is 0.137 e. The van der Waals surface area contributed by atoms with Crippen LogP contribution >= 0.6 is 31.9 Å². The molecule has 18 heavy (non-hydrogen) atoms. The van der Waals surface area contributed by atoms with Gasteiger partial charge in [0, 0.05) is 15.1 Å². The van der Waals surface area contributed by atoms with Crippen molar-refractivity contribution in [1.82, 2.24) is 4.98 Å². The number of ether oxygens (including phenoxy) is 1. The highest BCUT2D eigenvalue weighted by Gasteiger charge is 2.13. The Balaban J connectivity index is 2.40. The first-order chi connectivity index (χ1) is 8.61. The van der Waals surface area contributed by atoms with Gasteiger partial charge in [-0.3, -0.25) is 4.98 Å². The molecule has 0 aliphatic heterocycles. The second-order valence-electron chi connectivity index (χ2n) is 3.80. The van der Waals surface area contributed by atoms with Crippen LogP contribution in [0, 0.1) is 0 Å². The third kappa shape index (κ3) is 2.91. The molecule has 5 heteroatoms. The van der Waals surface area contributed by atoms with Crippen molar-refractivity contribution in [1.29, 1.82) is 0 Å². The van der Waals surface area contributed by atoms with Crippen LogP contribution in [0.15, 0.2) is 45.6 Å². The zero-order valence-corrected chi connectivity index (χ0v) is 12.9. The van der Waals surface area contributed by atoms with Gasteiger partial charge in [-0.15, -0.1) is 0 Å². The van der Waals surface area contributed by atoms with Crippen LogP contribution in [0.3, 0.4) is 0 Å². The van der Waals surface area contributed by atoms with Gasteiger partial charge in [-0.1, -0.05) is 31.9 Å². The molecule has 1 heterocycles. The number of rotatable bonds is 3. The first-order valence-corrected chi connectivity index (χ1v) is 6.90. The molecule has 0 aliphatic carbocycles. The standard InChI is InChI=1S/C13H12Br2N2O/c1-18-10-4-8(6-17-7-10)13(16)11-5-9(14)2-3-12(11)15/h2-7,13H,16H2,1H3. The molecular weight excluding hydrogens is 360 g/mol. The van der Waals surface area contributed by atoms with Gasteiger partial charge in [-0.25, -0.2) is 0 Å². The van der Waals surface area contributed by atoms with E-state index in [9.17, 15) is 0 Å². The number of nitrogens with zero attached hydrogens (tertiary/aromatic N) is 1. The quantitative estimate of drug-likeness (QED) is 0.895. The van der Waals surface area contributed by atoms with Crippen molar-refractivity contribution in [3.63, 3.8) is 0 Å². The predicted octanol–water partition coefficient (Wildman–Crippen LogP) is 3.66. The topological polar surface area (TPSA) is 48.1 Å². The monoisotopic (exact) mass is 370 g/mol. The maximum absolute atomic E-state index is 6.26. The van der Waals surface area contributed by atoms with E-state index in [4.69, 9.17) is 10.5 Å². The van der Waals surface area contributed by atoms with Gasteiger partial charge in [-0.05, 0) is 35.4 Å². The van der Waals surface area contributed by atoms with Crippen LogP contribution in [0.25, 0.3) is 0 Å². The molecule has 0 radical (unpaired) electrons. The van der Waals surface area contributed by atoms with Crippen LogP contribution in [0.2, 0.25) is 0 Å². The fourth-order valence-electron chi connectivity index (χ4n) is 1.65. The van der Waals surface area contributed by atoms with Gasteiger partial charge in [0.05, 0.1) is 19.3 Å². The third-order valence-corrected chi connectivity index (χ3v) is 3.84. The van der Waals surface area contributed by atoms with Gasteiger partial charge in [0.2, 0.25) is 0 Å². The largest absolute Gasteiger partial charge is 0.495 e. The molecule has 0 saturated heterocycles. The third-order valence-electron chi connectivity index (χ3n) is 2.62. The summed E-state index contributed by atoms with van der Waals surface area (Å²) in [6, 6.07) is 7.57. The summed E-state index contributed by atoms with van der Waals surface area (Å²) >= 11 is 6.96. The maximum Gasteiger partial charge on any atom is 0.137 e. The number of hydrogen-bond donors (Lipinski definition) is 1. The Hall–Kier alpha value is -0.910. The molecule has 0 aliphatic rings. The molecule has 2 aromatic rings. The molecule has 3 nitrogen and oxygen atoms in total. The Kier molecular flexibility index (Phi) is 4.37. The van der Waals surface area contributed by atoms with Crippen LogP contribution in [-0.2, 0) is 0 Å². The lowest BCUT2D eigenvalue weighted by molar-refractivity contribution is 0.412. The number of methoxy groups -OCH3 is 1. The Morgan fingerprint density at radius 2 is 2.00 bits per heavy atom.